The molecule has 1 saturated carbocycles. The molecule has 0 aromatic rings. The third-order valence-electron chi connectivity index (χ3n) is 5.32. The lowest BCUT2D eigenvalue weighted by Gasteiger charge is -2.30. The van der Waals surface area contributed by atoms with Crippen LogP contribution in [-0.4, -0.2) is 66.5 Å². The highest BCUT2D eigenvalue weighted by Gasteiger charge is 2.34. The first-order valence-electron chi connectivity index (χ1n) is 10.8. The van der Waals surface area contributed by atoms with Gasteiger partial charge in [0.05, 0.1) is 0 Å². The number of guanidine groups is 1. The zero-order valence-electron chi connectivity index (χ0n) is 19.2. The predicted molar refractivity (Wildman–Crippen MR) is 130 cm³/mol. The summed E-state index contributed by atoms with van der Waals surface area (Å²) in [5, 5.41) is 16.0. The van der Waals surface area contributed by atoms with Crippen molar-refractivity contribution >= 4 is 36.0 Å². The maximum Gasteiger partial charge on any atom is 0.410 e. The molecule has 3 N–H and O–H groups in total. The molecule has 0 aromatic heterocycles. The largest absolute Gasteiger partial charge is 0.444 e. The lowest BCUT2D eigenvalue weighted by atomic mass is 9.79. The van der Waals surface area contributed by atoms with Crippen molar-refractivity contribution in [1.29, 1.82) is 0 Å². The number of rotatable bonds is 11. The Kier molecular flexibility index (Phi) is 13.2. The van der Waals surface area contributed by atoms with E-state index in [-0.39, 0.29) is 42.1 Å². The molecule has 0 aromatic carbocycles. The summed E-state index contributed by atoms with van der Waals surface area (Å²) in [4.78, 5) is 19.0. The molecular weight excluding hydrogens is 483 g/mol. The van der Waals surface area contributed by atoms with Crippen LogP contribution in [-0.2, 0) is 4.74 Å². The zero-order chi connectivity index (χ0) is 21.2. The lowest BCUT2D eigenvalue weighted by Crippen LogP contribution is -2.45. The molecule has 0 spiro atoms. The van der Waals surface area contributed by atoms with Gasteiger partial charge in [-0.05, 0) is 65.2 Å². The van der Waals surface area contributed by atoms with Gasteiger partial charge in [0, 0.05) is 38.8 Å². The van der Waals surface area contributed by atoms with Gasteiger partial charge in [0.1, 0.15) is 5.60 Å². The normalized spacial score (nSPS) is 14.8. The van der Waals surface area contributed by atoms with Crippen LogP contribution in [0.25, 0.3) is 0 Å². The van der Waals surface area contributed by atoms with Crippen LogP contribution < -0.4 is 10.6 Å². The van der Waals surface area contributed by atoms with Gasteiger partial charge < -0.3 is 25.4 Å². The fraction of sp³-hybridized carbons (Fsp3) is 0.905. The summed E-state index contributed by atoms with van der Waals surface area (Å²) in [6.45, 7) is 14.9. The molecule has 1 fully saturated rings. The fourth-order valence-electron chi connectivity index (χ4n) is 3.16. The summed E-state index contributed by atoms with van der Waals surface area (Å²) < 4.78 is 5.54. The number of aliphatic hydroxyl groups is 1. The van der Waals surface area contributed by atoms with E-state index in [4.69, 9.17) is 9.73 Å². The summed E-state index contributed by atoms with van der Waals surface area (Å²) in [6.07, 6.45) is 4.59. The number of hydrogen-bond acceptors (Lipinski definition) is 4. The van der Waals surface area contributed by atoms with Gasteiger partial charge in [-0.3, -0.25) is 4.99 Å². The number of carbonyl (C=O) groups excluding carboxylic acids is 1. The van der Waals surface area contributed by atoms with Gasteiger partial charge in [-0.15, -0.1) is 24.0 Å². The van der Waals surface area contributed by atoms with Crippen molar-refractivity contribution < 1.29 is 14.6 Å². The Balaban J connectivity index is 0.00000784. The van der Waals surface area contributed by atoms with Crippen molar-refractivity contribution in [2.24, 2.45) is 10.4 Å². The van der Waals surface area contributed by atoms with E-state index in [0.717, 1.165) is 44.6 Å². The minimum Gasteiger partial charge on any atom is -0.444 e. The molecular formula is C21H43IN4O3. The molecule has 0 atom stereocenters. The van der Waals surface area contributed by atoms with Crippen LogP contribution in [0.1, 0.15) is 73.6 Å². The molecule has 1 amide bonds. The Labute approximate surface area is 194 Å². The van der Waals surface area contributed by atoms with E-state index in [9.17, 15) is 9.90 Å². The van der Waals surface area contributed by atoms with Gasteiger partial charge >= 0.3 is 6.09 Å². The molecule has 0 unspecified atom stereocenters. The molecule has 0 radical (unpaired) electrons. The number of aliphatic imine (C=N–C) groups is 1. The summed E-state index contributed by atoms with van der Waals surface area (Å²) in [6, 6.07) is 0.300. The molecule has 29 heavy (non-hydrogen) atoms. The number of halogens is 1. The number of ether oxygens (including phenoxy) is 1. The van der Waals surface area contributed by atoms with Gasteiger partial charge in [-0.25, -0.2) is 4.79 Å². The van der Waals surface area contributed by atoms with Crippen molar-refractivity contribution in [2.45, 2.75) is 85.3 Å². The molecule has 1 aliphatic carbocycles. The molecule has 0 bridgehead atoms. The van der Waals surface area contributed by atoms with E-state index in [1.807, 2.05) is 32.6 Å². The number of amides is 1. The highest BCUT2D eigenvalue weighted by molar-refractivity contribution is 14.0. The van der Waals surface area contributed by atoms with Crippen molar-refractivity contribution in [3.8, 4) is 0 Å². The highest BCUT2D eigenvalue weighted by atomic mass is 127. The van der Waals surface area contributed by atoms with Crippen molar-refractivity contribution in [1.82, 2.24) is 15.5 Å². The van der Waals surface area contributed by atoms with Crippen molar-refractivity contribution in [2.75, 3.05) is 32.8 Å². The third kappa shape index (κ3) is 10.7. The SMILES string of the molecule is CCNC(=NCC(CC)(CC)CCO)NCCN(C(=O)OC(C)(C)C)C1CC1.I. The molecule has 0 aliphatic heterocycles. The number of hydrogen-bond donors (Lipinski definition) is 3. The minimum absolute atomic E-state index is 0. The fourth-order valence-corrected chi connectivity index (χ4v) is 3.16. The number of carbonyl (C=O) groups is 1. The van der Waals surface area contributed by atoms with Crippen molar-refractivity contribution in [3.63, 3.8) is 0 Å². The van der Waals surface area contributed by atoms with Crippen LogP contribution in [0.4, 0.5) is 4.79 Å². The summed E-state index contributed by atoms with van der Waals surface area (Å²) in [5.41, 5.74) is -0.446. The zero-order valence-corrected chi connectivity index (χ0v) is 21.5. The van der Waals surface area contributed by atoms with E-state index < -0.39 is 5.60 Å². The molecule has 0 saturated heterocycles. The molecule has 7 nitrogen and oxygen atoms in total. The topological polar surface area (TPSA) is 86.2 Å². The van der Waals surface area contributed by atoms with E-state index in [2.05, 4.69) is 24.5 Å². The molecule has 1 aliphatic rings. The van der Waals surface area contributed by atoms with E-state index in [0.29, 0.717) is 25.7 Å². The van der Waals surface area contributed by atoms with Crippen LogP contribution in [0.2, 0.25) is 0 Å². The third-order valence-corrected chi connectivity index (χ3v) is 5.32. The predicted octanol–water partition coefficient (Wildman–Crippen LogP) is 3.75. The minimum atomic E-state index is -0.482. The first-order chi connectivity index (χ1) is 13.2. The first-order valence-corrected chi connectivity index (χ1v) is 10.8. The Hall–Kier alpha value is -0.770. The smallest absolute Gasteiger partial charge is 0.410 e. The number of nitrogens with zero attached hydrogens (tertiary/aromatic N) is 2. The second kappa shape index (κ2) is 13.5. The monoisotopic (exact) mass is 526 g/mol. The quantitative estimate of drug-likeness (QED) is 0.217. The average molecular weight is 527 g/mol. The van der Waals surface area contributed by atoms with E-state index >= 15 is 0 Å². The second-order valence-electron chi connectivity index (χ2n) is 8.71. The van der Waals surface area contributed by atoms with Gasteiger partial charge in [0.25, 0.3) is 0 Å². The molecule has 0 heterocycles. The summed E-state index contributed by atoms with van der Waals surface area (Å²) in [5.74, 6) is 0.756. The molecule has 8 heteroatoms. The molecule has 172 valence electrons. The maximum atomic E-state index is 12.5. The summed E-state index contributed by atoms with van der Waals surface area (Å²) in [7, 11) is 0. The van der Waals surface area contributed by atoms with Gasteiger partial charge in [0.15, 0.2) is 5.96 Å². The standard InChI is InChI=1S/C21H42N4O3.HI/c1-7-21(8-2,12-15-26)16-24-18(22-9-3)23-13-14-25(17-10-11-17)19(27)28-20(4,5)6;/h17,26H,7-16H2,1-6H3,(H2,22,23,24);1H. The van der Waals surface area contributed by atoms with Crippen LogP contribution in [0.3, 0.4) is 0 Å². The molecule has 1 rings (SSSR count). The Morgan fingerprint density at radius 3 is 2.24 bits per heavy atom. The van der Waals surface area contributed by atoms with Crippen molar-refractivity contribution in [3.05, 3.63) is 0 Å². The Bertz CT molecular complexity index is 501. The van der Waals surface area contributed by atoms with Crippen LogP contribution >= 0.6 is 24.0 Å². The first kappa shape index (κ1) is 28.2. The van der Waals surface area contributed by atoms with Crippen LogP contribution in [0, 0.1) is 5.41 Å². The van der Waals surface area contributed by atoms with Crippen LogP contribution in [0.15, 0.2) is 4.99 Å². The number of aliphatic hydroxyl groups excluding tert-OH is 1. The van der Waals surface area contributed by atoms with E-state index in [1.165, 1.54) is 0 Å². The van der Waals surface area contributed by atoms with Gasteiger partial charge in [-0.2, -0.15) is 0 Å². The Morgan fingerprint density at radius 2 is 1.79 bits per heavy atom. The average Bonchev–Trinajstić information content (AvgIpc) is 3.45. The second-order valence-corrected chi connectivity index (χ2v) is 8.71. The van der Waals surface area contributed by atoms with Crippen LogP contribution in [0.5, 0.6) is 0 Å². The summed E-state index contributed by atoms with van der Waals surface area (Å²) >= 11 is 0. The maximum absolute atomic E-state index is 12.5. The Morgan fingerprint density at radius 1 is 1.17 bits per heavy atom. The van der Waals surface area contributed by atoms with Gasteiger partial charge in [0.2, 0.25) is 0 Å². The lowest BCUT2D eigenvalue weighted by molar-refractivity contribution is 0.0238. The van der Waals surface area contributed by atoms with E-state index in [1.54, 1.807) is 0 Å². The number of nitrogens with one attached hydrogen (secondary N) is 2. The highest BCUT2D eigenvalue weighted by Crippen LogP contribution is 2.30. The van der Waals surface area contributed by atoms with Gasteiger partial charge in [-0.1, -0.05) is 13.8 Å².